The number of fused-ring (bicyclic) bond motifs is 1. The molecule has 0 bridgehead atoms. The minimum Gasteiger partial charge on any atom is -0.385 e. The van der Waals surface area contributed by atoms with Crippen molar-refractivity contribution in [3.05, 3.63) is 35.4 Å². The van der Waals surface area contributed by atoms with Crippen LogP contribution in [0.25, 0.3) is 0 Å². The summed E-state index contributed by atoms with van der Waals surface area (Å²) in [6.07, 6.45) is 5.04. The Morgan fingerprint density at radius 1 is 1.20 bits per heavy atom. The molecule has 1 aromatic rings. The summed E-state index contributed by atoms with van der Waals surface area (Å²) in [4.78, 5) is 0. The molecule has 1 N–H and O–H groups in total. The van der Waals surface area contributed by atoms with Gasteiger partial charge in [-0.05, 0) is 37.2 Å². The largest absolute Gasteiger partial charge is 0.385 e. The highest BCUT2D eigenvalue weighted by molar-refractivity contribution is 5.35. The van der Waals surface area contributed by atoms with E-state index in [4.69, 9.17) is 0 Å². The molecule has 2 atom stereocenters. The van der Waals surface area contributed by atoms with Gasteiger partial charge < -0.3 is 5.11 Å². The smallest absolute Gasteiger partial charge is 0.0960 e. The van der Waals surface area contributed by atoms with Crippen molar-refractivity contribution in [3.63, 3.8) is 0 Å². The summed E-state index contributed by atoms with van der Waals surface area (Å²) in [5, 5.41) is 10.7. The predicted octanol–water partition coefficient (Wildman–Crippen LogP) is 3.00. The molecule has 2 aliphatic carbocycles. The predicted molar refractivity (Wildman–Crippen MR) is 60.5 cm³/mol. The van der Waals surface area contributed by atoms with Crippen molar-refractivity contribution in [2.45, 2.75) is 38.2 Å². The first-order chi connectivity index (χ1) is 7.23. The fourth-order valence-corrected chi connectivity index (χ4v) is 3.41. The molecule has 2 saturated carbocycles. The number of aliphatic hydroxyl groups is 1. The van der Waals surface area contributed by atoms with E-state index in [0.29, 0.717) is 11.8 Å². The first-order valence-corrected chi connectivity index (χ1v) is 6.02. The molecule has 1 aromatic carbocycles. The lowest BCUT2D eigenvalue weighted by molar-refractivity contribution is 0.118. The minimum absolute atomic E-state index is 0.470. The van der Waals surface area contributed by atoms with Crippen LogP contribution in [0.3, 0.4) is 0 Å². The summed E-state index contributed by atoms with van der Waals surface area (Å²) in [6, 6.07) is 8.40. The van der Waals surface area contributed by atoms with Crippen LogP contribution in [0.5, 0.6) is 0 Å². The summed E-state index contributed by atoms with van der Waals surface area (Å²) >= 11 is 0. The van der Waals surface area contributed by atoms with Crippen LogP contribution in [-0.2, 0) is 5.60 Å². The maximum atomic E-state index is 10.7. The second kappa shape index (κ2) is 3.08. The van der Waals surface area contributed by atoms with Crippen LogP contribution >= 0.6 is 0 Å². The van der Waals surface area contributed by atoms with Gasteiger partial charge in [-0.25, -0.2) is 0 Å². The number of hydrogen-bond donors (Lipinski definition) is 1. The lowest BCUT2D eigenvalue weighted by Crippen LogP contribution is -2.10. The van der Waals surface area contributed by atoms with Crippen molar-refractivity contribution in [1.29, 1.82) is 0 Å². The van der Waals surface area contributed by atoms with E-state index in [2.05, 4.69) is 31.2 Å². The normalized spacial score (nSPS) is 38.5. The molecule has 80 valence electrons. The van der Waals surface area contributed by atoms with E-state index in [1.54, 1.807) is 0 Å². The Morgan fingerprint density at radius 3 is 2.47 bits per heavy atom. The van der Waals surface area contributed by atoms with Gasteiger partial charge in [0, 0.05) is 0 Å². The zero-order chi connectivity index (χ0) is 10.5. The second-order valence-electron chi connectivity index (χ2n) is 5.19. The van der Waals surface area contributed by atoms with Crippen molar-refractivity contribution < 1.29 is 5.11 Å². The van der Waals surface area contributed by atoms with Gasteiger partial charge in [0.25, 0.3) is 0 Å². The van der Waals surface area contributed by atoms with Crippen LogP contribution < -0.4 is 0 Å². The number of hydrogen-bond acceptors (Lipinski definition) is 1. The Bertz CT molecular complexity index is 371. The molecule has 0 radical (unpaired) electrons. The molecule has 2 fully saturated rings. The number of rotatable bonds is 1. The van der Waals surface area contributed by atoms with E-state index in [1.165, 1.54) is 31.2 Å². The van der Waals surface area contributed by atoms with E-state index in [-0.39, 0.29) is 0 Å². The quantitative estimate of drug-likeness (QED) is 0.742. The van der Waals surface area contributed by atoms with Crippen LogP contribution in [0.2, 0.25) is 0 Å². The van der Waals surface area contributed by atoms with E-state index < -0.39 is 5.60 Å². The van der Waals surface area contributed by atoms with E-state index >= 15 is 0 Å². The van der Waals surface area contributed by atoms with Crippen molar-refractivity contribution in [2.24, 2.45) is 11.8 Å². The Kier molecular flexibility index (Phi) is 1.93. The molecule has 2 unspecified atom stereocenters. The molecule has 0 aromatic heterocycles. The van der Waals surface area contributed by atoms with E-state index in [9.17, 15) is 5.11 Å². The first-order valence-electron chi connectivity index (χ1n) is 6.02. The fourth-order valence-electron chi connectivity index (χ4n) is 3.41. The van der Waals surface area contributed by atoms with Crippen LogP contribution in [0, 0.1) is 18.8 Å². The molecule has 3 rings (SSSR count). The SMILES string of the molecule is Cc1cccc(C2(O)C3CCCCC32)c1. The number of benzene rings is 1. The van der Waals surface area contributed by atoms with Crippen LogP contribution in [-0.4, -0.2) is 5.11 Å². The number of aryl methyl sites for hydroxylation is 1. The maximum Gasteiger partial charge on any atom is 0.0960 e. The van der Waals surface area contributed by atoms with Crippen molar-refractivity contribution in [1.82, 2.24) is 0 Å². The summed E-state index contributed by atoms with van der Waals surface area (Å²) in [7, 11) is 0. The van der Waals surface area contributed by atoms with Crippen LogP contribution in [0.15, 0.2) is 24.3 Å². The lowest BCUT2D eigenvalue weighted by Gasteiger charge is -2.11. The maximum absolute atomic E-state index is 10.7. The Labute approximate surface area is 91.1 Å². The molecule has 0 saturated heterocycles. The molecule has 15 heavy (non-hydrogen) atoms. The average Bonchev–Trinajstić information content (AvgIpc) is 2.87. The zero-order valence-electron chi connectivity index (χ0n) is 9.24. The van der Waals surface area contributed by atoms with Gasteiger partial charge in [0.15, 0.2) is 0 Å². The molecule has 1 nitrogen and oxygen atoms in total. The lowest BCUT2D eigenvalue weighted by atomic mass is 10.0. The standard InChI is InChI=1S/C14H18O/c1-10-5-4-6-11(9-10)14(15)12-7-2-3-8-13(12)14/h4-6,9,12-13,15H,2-3,7-8H2,1H3. The van der Waals surface area contributed by atoms with Gasteiger partial charge in [0.1, 0.15) is 0 Å². The highest BCUT2D eigenvalue weighted by Crippen LogP contribution is 2.64. The van der Waals surface area contributed by atoms with E-state index in [1.807, 2.05) is 0 Å². The molecule has 0 heterocycles. The first kappa shape index (κ1) is 9.41. The fraction of sp³-hybridized carbons (Fsp3) is 0.571. The monoisotopic (exact) mass is 202 g/mol. The molecule has 1 heteroatoms. The van der Waals surface area contributed by atoms with Crippen molar-refractivity contribution >= 4 is 0 Å². The highest BCUT2D eigenvalue weighted by atomic mass is 16.3. The topological polar surface area (TPSA) is 20.2 Å². The van der Waals surface area contributed by atoms with Gasteiger partial charge in [0.2, 0.25) is 0 Å². The van der Waals surface area contributed by atoms with Gasteiger partial charge in [-0.2, -0.15) is 0 Å². The minimum atomic E-state index is -0.470. The van der Waals surface area contributed by atoms with Crippen LogP contribution in [0.1, 0.15) is 36.8 Å². The van der Waals surface area contributed by atoms with Gasteiger partial charge in [0.05, 0.1) is 5.60 Å². The van der Waals surface area contributed by atoms with Crippen molar-refractivity contribution in [2.75, 3.05) is 0 Å². The molecule has 0 amide bonds. The Balaban J connectivity index is 1.94. The average molecular weight is 202 g/mol. The summed E-state index contributed by atoms with van der Waals surface area (Å²) in [5.74, 6) is 1.10. The third-order valence-electron chi connectivity index (χ3n) is 4.27. The van der Waals surface area contributed by atoms with Gasteiger partial charge in [-0.15, -0.1) is 0 Å². The highest BCUT2D eigenvalue weighted by Gasteiger charge is 2.64. The van der Waals surface area contributed by atoms with Gasteiger partial charge in [-0.3, -0.25) is 0 Å². The van der Waals surface area contributed by atoms with Gasteiger partial charge >= 0.3 is 0 Å². The molecule has 0 spiro atoms. The summed E-state index contributed by atoms with van der Waals surface area (Å²) in [6.45, 7) is 2.10. The molecular formula is C14H18O. The Hall–Kier alpha value is -0.820. The van der Waals surface area contributed by atoms with Crippen LogP contribution in [0.4, 0.5) is 0 Å². The van der Waals surface area contributed by atoms with Gasteiger partial charge in [-0.1, -0.05) is 42.7 Å². The molecular weight excluding hydrogens is 184 g/mol. The zero-order valence-corrected chi connectivity index (χ0v) is 9.24. The Morgan fingerprint density at radius 2 is 1.87 bits per heavy atom. The second-order valence-corrected chi connectivity index (χ2v) is 5.19. The molecule has 2 aliphatic rings. The summed E-state index contributed by atoms with van der Waals surface area (Å²) in [5.41, 5.74) is 1.94. The molecule has 0 aliphatic heterocycles. The van der Waals surface area contributed by atoms with Crippen molar-refractivity contribution in [3.8, 4) is 0 Å². The third kappa shape index (κ3) is 1.26. The van der Waals surface area contributed by atoms with E-state index in [0.717, 1.165) is 5.56 Å². The third-order valence-corrected chi connectivity index (χ3v) is 4.27. The summed E-state index contributed by atoms with van der Waals surface area (Å²) < 4.78 is 0.